The molecule has 2 aromatic rings. The summed E-state index contributed by atoms with van der Waals surface area (Å²) < 4.78 is 24.8. The number of hydrogen-bond donors (Lipinski definition) is 1. The molecule has 2 heterocycles. The molecule has 1 atom stereocenters. The number of nitrogens with zero attached hydrogens (tertiary/aromatic N) is 3. The Balaban J connectivity index is 1.72. The van der Waals surface area contributed by atoms with E-state index in [0.717, 1.165) is 16.9 Å². The van der Waals surface area contributed by atoms with Gasteiger partial charge in [0.25, 0.3) is 0 Å². The van der Waals surface area contributed by atoms with Gasteiger partial charge in [-0.25, -0.2) is 18.2 Å². The van der Waals surface area contributed by atoms with Gasteiger partial charge in [-0.1, -0.05) is 12.1 Å². The quantitative estimate of drug-likeness (QED) is 0.889. The molecule has 0 aliphatic carbocycles. The van der Waals surface area contributed by atoms with Gasteiger partial charge in [-0.2, -0.15) is 0 Å². The number of urea groups is 1. The summed E-state index contributed by atoms with van der Waals surface area (Å²) in [4.78, 5) is 18.4. The Bertz CT molecular complexity index is 830. The zero-order valence-corrected chi connectivity index (χ0v) is 14.0. The average Bonchev–Trinajstić information content (AvgIpc) is 2.85. The smallest absolute Gasteiger partial charge is 0.318 e. The van der Waals surface area contributed by atoms with Crippen molar-refractivity contribution >= 4 is 26.9 Å². The predicted octanol–water partition coefficient (Wildman–Crippen LogP) is 1.07. The number of rotatable bonds is 2. The molecule has 1 aromatic heterocycles. The second kappa shape index (κ2) is 5.84. The third kappa shape index (κ3) is 3.17. The number of para-hydroxylation sites is 2. The van der Waals surface area contributed by atoms with Gasteiger partial charge in [0.05, 0.1) is 28.6 Å². The van der Waals surface area contributed by atoms with Gasteiger partial charge in [0.2, 0.25) is 0 Å². The lowest BCUT2D eigenvalue weighted by molar-refractivity contribution is 0.198. The Hall–Kier alpha value is -2.09. The number of amides is 2. The van der Waals surface area contributed by atoms with Crippen molar-refractivity contribution in [1.29, 1.82) is 0 Å². The number of benzene rings is 1. The van der Waals surface area contributed by atoms with Crippen LogP contribution in [0.25, 0.3) is 11.0 Å². The Morgan fingerprint density at radius 2 is 1.91 bits per heavy atom. The van der Waals surface area contributed by atoms with E-state index in [2.05, 4.69) is 10.3 Å². The standard InChI is InChI=1S/C15H20N4O3S/c1-11(14-17-12-5-3-4-6-13(12)18(14)2)16-15(20)19-7-9-23(21,22)10-8-19/h3-6,11H,7-10H2,1-2H3,(H,16,20)/t11-/m1/s1. The molecule has 0 radical (unpaired) electrons. The number of hydrogen-bond acceptors (Lipinski definition) is 4. The number of aromatic nitrogens is 2. The zero-order chi connectivity index (χ0) is 16.6. The van der Waals surface area contributed by atoms with E-state index in [9.17, 15) is 13.2 Å². The van der Waals surface area contributed by atoms with Crippen LogP contribution < -0.4 is 5.32 Å². The van der Waals surface area contributed by atoms with Crippen LogP contribution >= 0.6 is 0 Å². The SMILES string of the molecule is C[C@@H](NC(=O)N1CCS(=O)(=O)CC1)c1nc2ccccc2n1C. The molecule has 1 aliphatic rings. The molecule has 8 heteroatoms. The summed E-state index contributed by atoms with van der Waals surface area (Å²) in [5, 5.41) is 2.90. The van der Waals surface area contributed by atoms with E-state index in [4.69, 9.17) is 0 Å². The molecule has 0 unspecified atom stereocenters. The molecule has 7 nitrogen and oxygen atoms in total. The molecule has 1 aliphatic heterocycles. The monoisotopic (exact) mass is 336 g/mol. The van der Waals surface area contributed by atoms with Gasteiger partial charge in [0.15, 0.2) is 9.84 Å². The van der Waals surface area contributed by atoms with Crippen LogP contribution in [0.2, 0.25) is 0 Å². The Labute approximate surface area is 135 Å². The maximum atomic E-state index is 12.3. The highest BCUT2D eigenvalue weighted by Gasteiger charge is 2.26. The molecule has 1 aromatic carbocycles. The molecule has 1 fully saturated rings. The van der Waals surface area contributed by atoms with Crippen molar-refractivity contribution in [3.05, 3.63) is 30.1 Å². The van der Waals surface area contributed by atoms with Crippen molar-refractivity contribution in [2.45, 2.75) is 13.0 Å². The van der Waals surface area contributed by atoms with E-state index >= 15 is 0 Å². The van der Waals surface area contributed by atoms with E-state index in [1.807, 2.05) is 42.8 Å². The van der Waals surface area contributed by atoms with Crippen molar-refractivity contribution < 1.29 is 13.2 Å². The maximum Gasteiger partial charge on any atom is 0.318 e. The minimum Gasteiger partial charge on any atom is -0.329 e. The fraction of sp³-hybridized carbons (Fsp3) is 0.467. The van der Waals surface area contributed by atoms with Crippen molar-refractivity contribution in [3.8, 4) is 0 Å². The number of aryl methyl sites for hydroxylation is 1. The highest BCUT2D eigenvalue weighted by atomic mass is 32.2. The minimum absolute atomic E-state index is 0.0289. The number of imidazole rings is 1. The van der Waals surface area contributed by atoms with Gasteiger partial charge >= 0.3 is 6.03 Å². The zero-order valence-electron chi connectivity index (χ0n) is 13.2. The third-order valence-electron chi connectivity index (χ3n) is 4.18. The Morgan fingerprint density at radius 1 is 1.26 bits per heavy atom. The number of carbonyl (C=O) groups is 1. The van der Waals surface area contributed by atoms with Gasteiger partial charge in [0.1, 0.15) is 5.82 Å². The van der Waals surface area contributed by atoms with Crippen LogP contribution in [0.5, 0.6) is 0 Å². The van der Waals surface area contributed by atoms with Crippen molar-refractivity contribution in [1.82, 2.24) is 19.8 Å². The van der Waals surface area contributed by atoms with Crippen LogP contribution in [0.4, 0.5) is 4.79 Å². The van der Waals surface area contributed by atoms with E-state index in [0.29, 0.717) is 0 Å². The van der Waals surface area contributed by atoms with Crippen LogP contribution in [0.1, 0.15) is 18.8 Å². The van der Waals surface area contributed by atoms with Crippen molar-refractivity contribution in [3.63, 3.8) is 0 Å². The molecular weight excluding hydrogens is 316 g/mol. The summed E-state index contributed by atoms with van der Waals surface area (Å²) >= 11 is 0. The molecule has 0 saturated carbocycles. The summed E-state index contributed by atoms with van der Waals surface area (Å²) in [6.45, 7) is 2.35. The van der Waals surface area contributed by atoms with Crippen LogP contribution in [0.15, 0.2) is 24.3 Å². The topological polar surface area (TPSA) is 84.3 Å². The Morgan fingerprint density at radius 3 is 2.57 bits per heavy atom. The highest BCUT2D eigenvalue weighted by molar-refractivity contribution is 7.91. The lowest BCUT2D eigenvalue weighted by Gasteiger charge is -2.28. The third-order valence-corrected chi connectivity index (χ3v) is 5.79. The first kappa shape index (κ1) is 15.8. The Kier molecular flexibility index (Phi) is 4.01. The van der Waals surface area contributed by atoms with Crippen molar-refractivity contribution in [2.75, 3.05) is 24.6 Å². The molecule has 1 saturated heterocycles. The molecule has 124 valence electrons. The largest absolute Gasteiger partial charge is 0.329 e. The van der Waals surface area contributed by atoms with Crippen molar-refractivity contribution in [2.24, 2.45) is 7.05 Å². The molecule has 2 amide bonds. The number of nitrogens with one attached hydrogen (secondary N) is 1. The minimum atomic E-state index is -2.99. The van der Waals surface area contributed by atoms with Gasteiger partial charge in [0, 0.05) is 20.1 Å². The first-order valence-electron chi connectivity index (χ1n) is 7.54. The number of sulfone groups is 1. The van der Waals surface area contributed by atoms with Crippen LogP contribution in [0.3, 0.4) is 0 Å². The number of carbonyl (C=O) groups excluding carboxylic acids is 1. The molecule has 0 spiro atoms. The maximum absolute atomic E-state index is 12.3. The van der Waals surface area contributed by atoms with E-state index in [1.165, 1.54) is 0 Å². The summed E-state index contributed by atoms with van der Waals surface area (Å²) in [7, 11) is -1.07. The normalized spacial score (nSPS) is 18.8. The summed E-state index contributed by atoms with van der Waals surface area (Å²) in [5.74, 6) is 0.825. The van der Waals surface area contributed by atoms with E-state index in [1.54, 1.807) is 4.90 Å². The second-order valence-corrected chi connectivity index (χ2v) is 8.13. The summed E-state index contributed by atoms with van der Waals surface area (Å²) in [5.41, 5.74) is 1.89. The first-order valence-corrected chi connectivity index (χ1v) is 9.37. The van der Waals surface area contributed by atoms with Gasteiger partial charge < -0.3 is 14.8 Å². The van der Waals surface area contributed by atoms with Crippen LogP contribution in [0, 0.1) is 0 Å². The molecule has 1 N–H and O–H groups in total. The lowest BCUT2D eigenvalue weighted by Crippen LogP contribution is -2.48. The van der Waals surface area contributed by atoms with Crippen LogP contribution in [-0.4, -0.2) is 53.5 Å². The predicted molar refractivity (Wildman–Crippen MR) is 87.9 cm³/mol. The average molecular weight is 336 g/mol. The fourth-order valence-electron chi connectivity index (χ4n) is 2.81. The second-order valence-electron chi connectivity index (χ2n) is 5.83. The van der Waals surface area contributed by atoms with E-state index < -0.39 is 9.84 Å². The molecule has 3 rings (SSSR count). The summed E-state index contributed by atoms with van der Waals surface area (Å²) in [6, 6.07) is 7.28. The molecule has 23 heavy (non-hydrogen) atoms. The van der Waals surface area contributed by atoms with Gasteiger partial charge in [-0.05, 0) is 19.1 Å². The molecular formula is C15H20N4O3S. The summed E-state index contributed by atoms with van der Waals surface area (Å²) in [6.07, 6.45) is 0. The molecule has 0 bridgehead atoms. The first-order chi connectivity index (χ1) is 10.9. The van der Waals surface area contributed by atoms with E-state index in [-0.39, 0.29) is 36.7 Å². The lowest BCUT2D eigenvalue weighted by atomic mass is 10.3. The van der Waals surface area contributed by atoms with Gasteiger partial charge in [-0.3, -0.25) is 0 Å². The van der Waals surface area contributed by atoms with Crippen LogP contribution in [-0.2, 0) is 16.9 Å². The van der Waals surface area contributed by atoms with Gasteiger partial charge in [-0.15, -0.1) is 0 Å². The number of fused-ring (bicyclic) bond motifs is 1. The fourth-order valence-corrected chi connectivity index (χ4v) is 4.01. The highest BCUT2D eigenvalue weighted by Crippen LogP contribution is 2.19.